The maximum Gasteiger partial charge on any atom is 0.194 e. The molecule has 0 unspecified atom stereocenters. The molecule has 11 heavy (non-hydrogen) atoms. The summed E-state index contributed by atoms with van der Waals surface area (Å²) < 4.78 is 0. The van der Waals surface area contributed by atoms with Crippen molar-refractivity contribution in [2.75, 3.05) is 0 Å². The van der Waals surface area contributed by atoms with Gasteiger partial charge in [-0.15, -0.1) is 0 Å². The molecule has 0 aromatic heterocycles. The van der Waals surface area contributed by atoms with Gasteiger partial charge in [-0.2, -0.15) is 0 Å². The molecule has 0 atom stereocenters. The number of aldehydes is 1. The van der Waals surface area contributed by atoms with E-state index in [1.807, 2.05) is 0 Å². The molecule has 0 spiro atoms. The molecular weight excluding hydrogens is 144 g/mol. The van der Waals surface area contributed by atoms with E-state index in [0.717, 1.165) is 0 Å². The van der Waals surface area contributed by atoms with Crippen LogP contribution >= 0.6 is 0 Å². The van der Waals surface area contributed by atoms with Gasteiger partial charge in [0, 0.05) is 6.92 Å². The standard InChI is InChI=1S/C8H10O3/c1-6(5-9)3-4-8(11)7(2)10/h3-5,11H,1-2H3/b6-3-,8-4+. The number of Topliss-reactive ketones (excluding diaryl/α,β-unsaturated/α-hetero) is 1. The van der Waals surface area contributed by atoms with E-state index in [-0.39, 0.29) is 5.76 Å². The molecule has 0 amide bonds. The van der Waals surface area contributed by atoms with E-state index < -0.39 is 5.78 Å². The minimum Gasteiger partial charge on any atom is -0.504 e. The fourth-order valence-electron chi connectivity index (χ4n) is 0.367. The second-order valence-electron chi connectivity index (χ2n) is 2.14. The average Bonchev–Trinajstić information content (AvgIpc) is 1.99. The molecule has 0 radical (unpaired) electrons. The van der Waals surface area contributed by atoms with Gasteiger partial charge < -0.3 is 5.11 Å². The molecule has 0 aliphatic carbocycles. The third kappa shape index (κ3) is 4.08. The van der Waals surface area contributed by atoms with Crippen LogP contribution in [-0.4, -0.2) is 17.2 Å². The summed E-state index contributed by atoms with van der Waals surface area (Å²) in [6, 6.07) is 0. The topological polar surface area (TPSA) is 54.4 Å². The van der Waals surface area contributed by atoms with E-state index in [9.17, 15) is 9.59 Å². The Bertz CT molecular complexity index is 223. The zero-order valence-electron chi connectivity index (χ0n) is 6.50. The molecular formula is C8H10O3. The summed E-state index contributed by atoms with van der Waals surface area (Å²) >= 11 is 0. The summed E-state index contributed by atoms with van der Waals surface area (Å²) in [6.07, 6.45) is 3.22. The van der Waals surface area contributed by atoms with Crippen LogP contribution in [0.3, 0.4) is 0 Å². The first-order valence-corrected chi connectivity index (χ1v) is 3.11. The number of aliphatic hydroxyl groups excluding tert-OH is 1. The highest BCUT2D eigenvalue weighted by Gasteiger charge is 1.95. The molecule has 0 heterocycles. The second-order valence-corrected chi connectivity index (χ2v) is 2.14. The summed E-state index contributed by atoms with van der Waals surface area (Å²) in [5.41, 5.74) is 0.456. The third-order valence-electron chi connectivity index (χ3n) is 1.05. The van der Waals surface area contributed by atoms with E-state index in [1.54, 1.807) is 6.92 Å². The number of hydrogen-bond acceptors (Lipinski definition) is 3. The summed E-state index contributed by atoms with van der Waals surface area (Å²) in [5, 5.41) is 8.82. The van der Waals surface area contributed by atoms with Crippen LogP contribution in [0.15, 0.2) is 23.5 Å². The third-order valence-corrected chi connectivity index (χ3v) is 1.05. The SMILES string of the molecule is CC(=O)/C(O)=C\C=C(\C)C=O. The molecule has 0 fully saturated rings. The number of hydrogen-bond donors (Lipinski definition) is 1. The maximum atomic E-state index is 10.4. The Morgan fingerprint density at radius 2 is 1.82 bits per heavy atom. The van der Waals surface area contributed by atoms with Crippen LogP contribution in [0.5, 0.6) is 0 Å². The largest absolute Gasteiger partial charge is 0.504 e. The summed E-state index contributed by atoms with van der Waals surface area (Å²) in [4.78, 5) is 20.4. The molecule has 1 N–H and O–H groups in total. The zero-order valence-corrected chi connectivity index (χ0v) is 6.50. The molecule has 60 valence electrons. The lowest BCUT2D eigenvalue weighted by Crippen LogP contribution is -1.93. The van der Waals surface area contributed by atoms with Gasteiger partial charge in [0.15, 0.2) is 11.5 Å². The predicted molar refractivity (Wildman–Crippen MR) is 41.2 cm³/mol. The van der Waals surface area contributed by atoms with Gasteiger partial charge in [-0.1, -0.05) is 6.08 Å². The Morgan fingerprint density at radius 1 is 1.27 bits per heavy atom. The van der Waals surface area contributed by atoms with Crippen LogP contribution in [0.2, 0.25) is 0 Å². The Balaban J connectivity index is 4.34. The first-order valence-electron chi connectivity index (χ1n) is 3.11. The van der Waals surface area contributed by atoms with Crippen LogP contribution in [-0.2, 0) is 9.59 Å². The van der Waals surface area contributed by atoms with Crippen LogP contribution in [0.1, 0.15) is 13.8 Å². The molecule has 0 aliphatic heterocycles. The van der Waals surface area contributed by atoms with Crippen molar-refractivity contribution in [3.63, 3.8) is 0 Å². The highest BCUT2D eigenvalue weighted by molar-refractivity contribution is 5.91. The highest BCUT2D eigenvalue weighted by atomic mass is 16.3. The normalized spacial score (nSPS) is 12.9. The smallest absolute Gasteiger partial charge is 0.194 e. The van der Waals surface area contributed by atoms with Crippen LogP contribution in [0, 0.1) is 0 Å². The van der Waals surface area contributed by atoms with Crippen molar-refractivity contribution in [1.29, 1.82) is 0 Å². The Hall–Kier alpha value is -1.38. The first kappa shape index (κ1) is 9.62. The Kier molecular flexibility index (Phi) is 3.88. The zero-order chi connectivity index (χ0) is 8.85. The minimum atomic E-state index is -0.417. The first-order chi connectivity index (χ1) is 5.07. The van der Waals surface area contributed by atoms with Crippen molar-refractivity contribution in [2.24, 2.45) is 0 Å². The van der Waals surface area contributed by atoms with Gasteiger partial charge in [0.1, 0.15) is 6.29 Å². The summed E-state index contributed by atoms with van der Waals surface area (Å²) in [6.45, 7) is 2.83. The number of carbonyl (C=O) groups excluding carboxylic acids is 2. The average molecular weight is 154 g/mol. The fraction of sp³-hybridized carbons (Fsp3) is 0.250. The van der Waals surface area contributed by atoms with Gasteiger partial charge >= 0.3 is 0 Å². The van der Waals surface area contributed by atoms with Gasteiger partial charge in [-0.3, -0.25) is 9.59 Å². The van der Waals surface area contributed by atoms with E-state index >= 15 is 0 Å². The molecule has 0 rings (SSSR count). The van der Waals surface area contributed by atoms with Crippen LogP contribution < -0.4 is 0 Å². The molecule has 0 aromatic carbocycles. The van der Waals surface area contributed by atoms with Crippen molar-refractivity contribution >= 4 is 12.1 Å². The van der Waals surface area contributed by atoms with Crippen molar-refractivity contribution in [3.8, 4) is 0 Å². The van der Waals surface area contributed by atoms with Crippen molar-refractivity contribution in [1.82, 2.24) is 0 Å². The Morgan fingerprint density at radius 3 is 2.18 bits per heavy atom. The second kappa shape index (κ2) is 4.44. The molecule has 0 aromatic rings. The van der Waals surface area contributed by atoms with Gasteiger partial charge in [0.05, 0.1) is 0 Å². The number of carbonyl (C=O) groups is 2. The Labute approximate surface area is 65.0 Å². The monoisotopic (exact) mass is 154 g/mol. The fourth-order valence-corrected chi connectivity index (χ4v) is 0.367. The van der Waals surface area contributed by atoms with Crippen LogP contribution in [0.4, 0.5) is 0 Å². The lowest BCUT2D eigenvalue weighted by Gasteiger charge is -1.88. The lowest BCUT2D eigenvalue weighted by molar-refractivity contribution is -0.116. The quantitative estimate of drug-likeness (QED) is 0.287. The number of allylic oxidation sites excluding steroid dienone is 4. The molecule has 0 aliphatic rings. The number of ketones is 1. The number of aliphatic hydroxyl groups is 1. The van der Waals surface area contributed by atoms with Gasteiger partial charge in [-0.25, -0.2) is 0 Å². The lowest BCUT2D eigenvalue weighted by atomic mass is 10.2. The van der Waals surface area contributed by atoms with E-state index in [0.29, 0.717) is 11.9 Å². The van der Waals surface area contributed by atoms with E-state index in [4.69, 9.17) is 5.11 Å². The molecule has 0 bridgehead atoms. The molecule has 0 saturated carbocycles. The van der Waals surface area contributed by atoms with E-state index in [1.165, 1.54) is 19.1 Å². The van der Waals surface area contributed by atoms with Gasteiger partial charge in [0.2, 0.25) is 0 Å². The predicted octanol–water partition coefficient (Wildman–Crippen LogP) is 1.16. The summed E-state index contributed by atoms with van der Waals surface area (Å²) in [7, 11) is 0. The molecule has 3 heteroatoms. The minimum absolute atomic E-state index is 0.341. The molecule has 3 nitrogen and oxygen atoms in total. The maximum absolute atomic E-state index is 10.4. The van der Waals surface area contributed by atoms with E-state index in [2.05, 4.69) is 0 Å². The van der Waals surface area contributed by atoms with Crippen LogP contribution in [0.25, 0.3) is 0 Å². The highest BCUT2D eigenvalue weighted by Crippen LogP contribution is 1.93. The number of rotatable bonds is 3. The van der Waals surface area contributed by atoms with Gasteiger partial charge in [-0.05, 0) is 18.6 Å². The van der Waals surface area contributed by atoms with Crippen molar-refractivity contribution in [2.45, 2.75) is 13.8 Å². The summed E-state index contributed by atoms with van der Waals surface area (Å²) in [5.74, 6) is -0.758. The van der Waals surface area contributed by atoms with Crippen molar-refractivity contribution in [3.05, 3.63) is 23.5 Å². The van der Waals surface area contributed by atoms with Crippen molar-refractivity contribution < 1.29 is 14.7 Å². The molecule has 0 saturated heterocycles. The van der Waals surface area contributed by atoms with Gasteiger partial charge in [0.25, 0.3) is 0 Å².